The lowest BCUT2D eigenvalue weighted by molar-refractivity contribution is 0.603. The second-order valence-electron chi connectivity index (χ2n) is 3.46. The van der Waals surface area contributed by atoms with Gasteiger partial charge in [-0.1, -0.05) is 12.1 Å². The molecule has 2 rings (SSSR count). The van der Waals surface area contributed by atoms with Gasteiger partial charge in [-0.3, -0.25) is 4.79 Å². The first-order valence-corrected chi connectivity index (χ1v) is 4.89. The topological polar surface area (TPSA) is 58.7 Å². The van der Waals surface area contributed by atoms with Gasteiger partial charge in [0.15, 0.2) is 0 Å². The summed E-state index contributed by atoms with van der Waals surface area (Å²) in [7, 11) is 0. The summed E-state index contributed by atoms with van der Waals surface area (Å²) in [5, 5.41) is 12.7. The van der Waals surface area contributed by atoms with Gasteiger partial charge >= 0.3 is 0 Å². The van der Waals surface area contributed by atoms with E-state index in [1.165, 1.54) is 18.2 Å². The van der Waals surface area contributed by atoms with E-state index in [4.69, 9.17) is 5.26 Å². The Morgan fingerprint density at radius 2 is 2.12 bits per heavy atom. The quantitative estimate of drug-likeness (QED) is 0.745. The number of nitrogens with zero attached hydrogens (tertiary/aromatic N) is 3. The van der Waals surface area contributed by atoms with Crippen LogP contribution in [-0.4, -0.2) is 9.78 Å². The molecule has 0 aliphatic heterocycles. The van der Waals surface area contributed by atoms with Crippen molar-refractivity contribution in [2.45, 2.75) is 6.92 Å². The fourth-order valence-corrected chi connectivity index (χ4v) is 1.45. The Morgan fingerprint density at radius 3 is 2.76 bits per heavy atom. The van der Waals surface area contributed by atoms with Gasteiger partial charge in [-0.15, -0.1) is 0 Å². The number of para-hydroxylation sites is 1. The van der Waals surface area contributed by atoms with E-state index in [-0.39, 0.29) is 11.3 Å². The highest BCUT2D eigenvalue weighted by molar-refractivity contribution is 5.36. The van der Waals surface area contributed by atoms with Crippen LogP contribution in [-0.2, 0) is 0 Å². The molecule has 0 N–H and O–H groups in total. The maximum Gasteiger partial charge on any atom is 0.272 e. The minimum atomic E-state index is -0.536. The van der Waals surface area contributed by atoms with Crippen molar-refractivity contribution in [1.29, 1.82) is 5.26 Å². The lowest BCUT2D eigenvalue weighted by Crippen LogP contribution is -2.23. The summed E-state index contributed by atoms with van der Waals surface area (Å²) in [5.74, 6) is -0.536. The minimum Gasteiger partial charge on any atom is -0.267 e. The van der Waals surface area contributed by atoms with Crippen LogP contribution in [0.4, 0.5) is 4.39 Å². The number of nitriles is 1. The SMILES string of the molecule is Cc1nn(-c2ccccc2F)c(=O)cc1C#N. The van der Waals surface area contributed by atoms with Crippen molar-refractivity contribution in [3.05, 3.63) is 57.8 Å². The van der Waals surface area contributed by atoms with Crippen LogP contribution < -0.4 is 5.56 Å². The Morgan fingerprint density at radius 1 is 1.41 bits per heavy atom. The number of halogens is 1. The summed E-state index contributed by atoms with van der Waals surface area (Å²) in [6.07, 6.45) is 0. The third kappa shape index (κ3) is 1.93. The molecule has 0 unspecified atom stereocenters. The van der Waals surface area contributed by atoms with E-state index in [0.717, 1.165) is 10.7 Å². The van der Waals surface area contributed by atoms with Gasteiger partial charge in [0.25, 0.3) is 5.56 Å². The van der Waals surface area contributed by atoms with Gasteiger partial charge in [-0.25, -0.2) is 4.39 Å². The zero-order chi connectivity index (χ0) is 12.4. The Bertz CT molecular complexity index is 670. The predicted molar refractivity (Wildman–Crippen MR) is 59.2 cm³/mol. The number of rotatable bonds is 1. The van der Waals surface area contributed by atoms with Gasteiger partial charge in [-0.2, -0.15) is 15.0 Å². The van der Waals surface area contributed by atoms with Gasteiger partial charge in [0.2, 0.25) is 0 Å². The highest BCUT2D eigenvalue weighted by Gasteiger charge is 2.09. The molecule has 0 atom stereocenters. The fourth-order valence-electron chi connectivity index (χ4n) is 1.45. The molecule has 0 saturated heterocycles. The van der Waals surface area contributed by atoms with Crippen LogP contribution in [0.15, 0.2) is 35.1 Å². The molecular weight excluding hydrogens is 221 g/mol. The van der Waals surface area contributed by atoms with Crippen LogP contribution in [0.2, 0.25) is 0 Å². The molecule has 0 aliphatic carbocycles. The van der Waals surface area contributed by atoms with Crippen LogP contribution in [0.1, 0.15) is 11.3 Å². The number of aromatic nitrogens is 2. The fraction of sp³-hybridized carbons (Fsp3) is 0.0833. The molecule has 4 nitrogen and oxygen atoms in total. The second kappa shape index (κ2) is 4.18. The molecule has 0 fully saturated rings. The van der Waals surface area contributed by atoms with Crippen LogP contribution in [0, 0.1) is 24.1 Å². The zero-order valence-electron chi connectivity index (χ0n) is 9.01. The third-order valence-electron chi connectivity index (χ3n) is 2.32. The molecule has 1 heterocycles. The highest BCUT2D eigenvalue weighted by atomic mass is 19.1. The van der Waals surface area contributed by atoms with Gasteiger partial charge in [0, 0.05) is 6.07 Å². The monoisotopic (exact) mass is 229 g/mol. The molecule has 84 valence electrons. The molecule has 5 heteroatoms. The smallest absolute Gasteiger partial charge is 0.267 e. The highest BCUT2D eigenvalue weighted by Crippen LogP contribution is 2.10. The number of benzene rings is 1. The minimum absolute atomic E-state index is 0.0742. The van der Waals surface area contributed by atoms with Crippen LogP contribution >= 0.6 is 0 Å². The van der Waals surface area contributed by atoms with Crippen molar-refractivity contribution in [1.82, 2.24) is 9.78 Å². The Hall–Kier alpha value is -2.48. The number of hydrogen-bond donors (Lipinski definition) is 0. The normalized spacial score (nSPS) is 9.94. The van der Waals surface area contributed by atoms with Crippen molar-refractivity contribution < 1.29 is 4.39 Å². The maximum atomic E-state index is 13.5. The summed E-state index contributed by atoms with van der Waals surface area (Å²) in [5.41, 5.74) is 0.125. The van der Waals surface area contributed by atoms with Crippen molar-refractivity contribution in [2.75, 3.05) is 0 Å². The Labute approximate surface area is 96.6 Å². The molecule has 0 spiro atoms. The van der Waals surface area contributed by atoms with Gasteiger partial charge < -0.3 is 0 Å². The number of aryl methyl sites for hydroxylation is 1. The lowest BCUT2D eigenvalue weighted by Gasteiger charge is -2.06. The molecule has 0 radical (unpaired) electrons. The average molecular weight is 229 g/mol. The first-order chi connectivity index (χ1) is 8.13. The molecule has 0 amide bonds. The van der Waals surface area contributed by atoms with Crippen molar-refractivity contribution in [3.8, 4) is 11.8 Å². The van der Waals surface area contributed by atoms with E-state index in [1.807, 2.05) is 6.07 Å². The molecule has 0 bridgehead atoms. The average Bonchev–Trinajstić information content (AvgIpc) is 2.32. The van der Waals surface area contributed by atoms with E-state index in [2.05, 4.69) is 5.10 Å². The third-order valence-corrected chi connectivity index (χ3v) is 2.32. The number of hydrogen-bond acceptors (Lipinski definition) is 3. The van der Waals surface area contributed by atoms with Gasteiger partial charge in [-0.05, 0) is 19.1 Å². The Kier molecular flexibility index (Phi) is 2.71. The summed E-state index contributed by atoms with van der Waals surface area (Å²) in [6.45, 7) is 1.59. The molecular formula is C12H8FN3O. The molecule has 0 aliphatic rings. The standard InChI is InChI=1S/C12H8FN3O/c1-8-9(7-14)6-12(17)16(15-8)11-5-3-2-4-10(11)13/h2-6H,1H3. The summed E-state index contributed by atoms with van der Waals surface area (Å²) < 4.78 is 14.5. The van der Waals surface area contributed by atoms with Crippen LogP contribution in [0.3, 0.4) is 0 Å². The molecule has 0 saturated carbocycles. The Balaban J connectivity index is 2.71. The molecule has 1 aromatic carbocycles. The van der Waals surface area contributed by atoms with E-state index >= 15 is 0 Å². The van der Waals surface area contributed by atoms with Crippen molar-refractivity contribution in [3.63, 3.8) is 0 Å². The first-order valence-electron chi connectivity index (χ1n) is 4.89. The van der Waals surface area contributed by atoms with Gasteiger partial charge in [0.1, 0.15) is 17.6 Å². The van der Waals surface area contributed by atoms with E-state index in [9.17, 15) is 9.18 Å². The van der Waals surface area contributed by atoms with Crippen molar-refractivity contribution in [2.24, 2.45) is 0 Å². The largest absolute Gasteiger partial charge is 0.272 e. The zero-order valence-corrected chi connectivity index (χ0v) is 9.01. The maximum absolute atomic E-state index is 13.5. The lowest BCUT2D eigenvalue weighted by atomic mass is 10.2. The second-order valence-corrected chi connectivity index (χ2v) is 3.46. The molecule has 2 aromatic rings. The molecule has 17 heavy (non-hydrogen) atoms. The van der Waals surface area contributed by atoms with Crippen molar-refractivity contribution >= 4 is 0 Å². The predicted octanol–water partition coefficient (Wildman–Crippen LogP) is 1.55. The van der Waals surface area contributed by atoms with E-state index < -0.39 is 11.4 Å². The first kappa shape index (κ1) is 11.0. The summed E-state index contributed by atoms with van der Waals surface area (Å²) >= 11 is 0. The molecule has 1 aromatic heterocycles. The van der Waals surface area contributed by atoms with E-state index in [0.29, 0.717) is 5.69 Å². The van der Waals surface area contributed by atoms with E-state index in [1.54, 1.807) is 13.0 Å². The summed E-state index contributed by atoms with van der Waals surface area (Å²) in [4.78, 5) is 11.7. The van der Waals surface area contributed by atoms with Crippen LogP contribution in [0.5, 0.6) is 0 Å². The van der Waals surface area contributed by atoms with Gasteiger partial charge in [0.05, 0.1) is 11.3 Å². The van der Waals surface area contributed by atoms with Crippen LogP contribution in [0.25, 0.3) is 5.69 Å². The summed E-state index contributed by atoms with van der Waals surface area (Å²) in [6, 6.07) is 8.85.